The quantitative estimate of drug-likeness (QED) is 0.879. The van der Waals surface area contributed by atoms with Crippen LogP contribution >= 0.6 is 0 Å². The molecule has 108 valence electrons. The van der Waals surface area contributed by atoms with Crippen LogP contribution in [0.2, 0.25) is 0 Å². The largest absolute Gasteiger partial charge is 0.330 e. The number of aromatic nitrogens is 2. The van der Waals surface area contributed by atoms with Crippen molar-refractivity contribution >= 4 is 0 Å². The Hall–Kier alpha value is -0.830. The second-order valence-corrected chi connectivity index (χ2v) is 6.74. The van der Waals surface area contributed by atoms with Crippen molar-refractivity contribution in [2.45, 2.75) is 59.5 Å². The van der Waals surface area contributed by atoms with Gasteiger partial charge in [-0.25, -0.2) is 4.98 Å². The lowest BCUT2D eigenvalue weighted by atomic mass is 9.79. The summed E-state index contributed by atoms with van der Waals surface area (Å²) in [5.74, 6) is 2.41. The molecule has 1 aliphatic carbocycles. The lowest BCUT2D eigenvalue weighted by molar-refractivity contribution is 0.208. The molecule has 3 unspecified atom stereocenters. The minimum atomic E-state index is 0.657. The normalized spacial score (nSPS) is 27.9. The molecule has 0 aromatic carbocycles. The third-order valence-electron chi connectivity index (χ3n) is 4.57. The first-order chi connectivity index (χ1) is 9.08. The highest BCUT2D eigenvalue weighted by Gasteiger charge is 2.26. The van der Waals surface area contributed by atoms with Crippen molar-refractivity contribution in [3.63, 3.8) is 0 Å². The van der Waals surface area contributed by atoms with E-state index in [1.54, 1.807) is 0 Å². The summed E-state index contributed by atoms with van der Waals surface area (Å²) in [6.45, 7) is 11.3. The summed E-state index contributed by atoms with van der Waals surface area (Å²) < 4.78 is 2.41. The van der Waals surface area contributed by atoms with Crippen LogP contribution < -0.4 is 5.32 Å². The van der Waals surface area contributed by atoms with Crippen molar-refractivity contribution in [3.8, 4) is 0 Å². The third kappa shape index (κ3) is 3.82. The summed E-state index contributed by atoms with van der Waals surface area (Å²) in [5, 5.41) is 3.53. The van der Waals surface area contributed by atoms with Crippen molar-refractivity contribution in [3.05, 3.63) is 18.2 Å². The van der Waals surface area contributed by atoms with Crippen LogP contribution in [0.5, 0.6) is 0 Å². The predicted molar refractivity (Wildman–Crippen MR) is 80.0 cm³/mol. The molecule has 1 aliphatic rings. The monoisotopic (exact) mass is 263 g/mol. The van der Waals surface area contributed by atoms with Crippen LogP contribution in [0.15, 0.2) is 12.5 Å². The fourth-order valence-corrected chi connectivity index (χ4v) is 3.06. The molecule has 1 aromatic heterocycles. The fourth-order valence-electron chi connectivity index (χ4n) is 3.06. The van der Waals surface area contributed by atoms with Crippen LogP contribution in [0.4, 0.5) is 0 Å². The van der Waals surface area contributed by atoms with E-state index < -0.39 is 0 Å². The molecule has 19 heavy (non-hydrogen) atoms. The molecule has 3 heteroatoms. The predicted octanol–water partition coefficient (Wildman–Crippen LogP) is 3.63. The van der Waals surface area contributed by atoms with E-state index in [0.717, 1.165) is 24.9 Å². The Morgan fingerprint density at radius 2 is 2.11 bits per heavy atom. The molecule has 1 fully saturated rings. The molecule has 2 rings (SSSR count). The second kappa shape index (κ2) is 6.56. The Morgan fingerprint density at radius 1 is 1.32 bits per heavy atom. The second-order valence-electron chi connectivity index (χ2n) is 6.74. The van der Waals surface area contributed by atoms with Gasteiger partial charge >= 0.3 is 0 Å². The van der Waals surface area contributed by atoms with E-state index in [9.17, 15) is 0 Å². The maximum atomic E-state index is 4.36. The highest BCUT2D eigenvalue weighted by molar-refractivity contribution is 5.01. The van der Waals surface area contributed by atoms with E-state index in [1.165, 1.54) is 25.0 Å². The molecular weight excluding hydrogens is 234 g/mol. The van der Waals surface area contributed by atoms with Gasteiger partial charge in [0.15, 0.2) is 0 Å². The van der Waals surface area contributed by atoms with E-state index in [-0.39, 0.29) is 0 Å². The van der Waals surface area contributed by atoms with Crippen LogP contribution in [-0.2, 0) is 6.54 Å². The number of hydrogen-bond acceptors (Lipinski definition) is 2. The van der Waals surface area contributed by atoms with Crippen LogP contribution in [0.1, 0.15) is 58.7 Å². The highest BCUT2D eigenvalue weighted by atomic mass is 15.1. The van der Waals surface area contributed by atoms with Crippen LogP contribution in [0.3, 0.4) is 0 Å². The van der Waals surface area contributed by atoms with Crippen molar-refractivity contribution in [1.82, 2.24) is 14.9 Å². The molecule has 0 amide bonds. The molecule has 1 aromatic rings. The third-order valence-corrected chi connectivity index (χ3v) is 4.57. The molecule has 0 spiro atoms. The summed E-state index contributed by atoms with van der Waals surface area (Å²) in [6, 6.07) is 0.657. The molecule has 0 aliphatic heterocycles. The minimum Gasteiger partial charge on any atom is -0.330 e. The molecule has 1 heterocycles. The molecule has 0 saturated heterocycles. The SMILES string of the molecule is CC(C)CNCc1cncn1C1CCC(C)C(C)C1. The lowest BCUT2D eigenvalue weighted by Crippen LogP contribution is -2.26. The van der Waals surface area contributed by atoms with Gasteiger partial charge in [-0.05, 0) is 43.6 Å². The maximum absolute atomic E-state index is 4.36. The van der Waals surface area contributed by atoms with Crippen molar-refractivity contribution in [2.75, 3.05) is 6.54 Å². The molecule has 0 radical (unpaired) electrons. The van der Waals surface area contributed by atoms with Gasteiger partial charge < -0.3 is 9.88 Å². The van der Waals surface area contributed by atoms with Gasteiger partial charge in [-0.2, -0.15) is 0 Å². The van der Waals surface area contributed by atoms with E-state index in [4.69, 9.17) is 0 Å². The standard InChI is InChI=1S/C16H29N3/c1-12(2)8-17-9-16-10-18-11-19(16)15-6-5-13(3)14(4)7-15/h10-15,17H,5-9H2,1-4H3. The van der Waals surface area contributed by atoms with Crippen molar-refractivity contribution < 1.29 is 0 Å². The Bertz CT molecular complexity index is 383. The lowest BCUT2D eigenvalue weighted by Gasteiger charge is -2.33. The van der Waals surface area contributed by atoms with Gasteiger partial charge in [-0.15, -0.1) is 0 Å². The van der Waals surface area contributed by atoms with Crippen molar-refractivity contribution in [1.29, 1.82) is 0 Å². The summed E-state index contributed by atoms with van der Waals surface area (Å²) in [7, 11) is 0. The van der Waals surface area contributed by atoms with Gasteiger partial charge in [-0.1, -0.05) is 27.7 Å². The topological polar surface area (TPSA) is 29.9 Å². The Kier molecular flexibility index (Phi) is 5.03. The minimum absolute atomic E-state index is 0.657. The first kappa shape index (κ1) is 14.6. The summed E-state index contributed by atoms with van der Waals surface area (Å²) in [4.78, 5) is 4.36. The summed E-state index contributed by atoms with van der Waals surface area (Å²) in [5.41, 5.74) is 1.34. The number of nitrogens with one attached hydrogen (secondary N) is 1. The number of nitrogens with zero attached hydrogens (tertiary/aromatic N) is 2. The zero-order valence-electron chi connectivity index (χ0n) is 12.9. The van der Waals surface area contributed by atoms with Gasteiger partial charge in [0.05, 0.1) is 12.0 Å². The molecule has 3 nitrogen and oxygen atoms in total. The van der Waals surface area contributed by atoms with E-state index in [0.29, 0.717) is 12.0 Å². The zero-order valence-corrected chi connectivity index (χ0v) is 12.9. The first-order valence-electron chi connectivity index (χ1n) is 7.79. The smallest absolute Gasteiger partial charge is 0.0951 e. The highest BCUT2D eigenvalue weighted by Crippen LogP contribution is 2.36. The van der Waals surface area contributed by atoms with E-state index in [1.807, 2.05) is 12.5 Å². The average Bonchev–Trinajstić information content (AvgIpc) is 2.80. The fraction of sp³-hybridized carbons (Fsp3) is 0.812. The van der Waals surface area contributed by atoms with Crippen molar-refractivity contribution in [2.24, 2.45) is 17.8 Å². The summed E-state index contributed by atoms with van der Waals surface area (Å²) >= 11 is 0. The number of hydrogen-bond donors (Lipinski definition) is 1. The molecular formula is C16H29N3. The van der Waals surface area contributed by atoms with Gasteiger partial charge in [0.2, 0.25) is 0 Å². The van der Waals surface area contributed by atoms with Crippen LogP contribution in [-0.4, -0.2) is 16.1 Å². The number of imidazole rings is 1. The average molecular weight is 263 g/mol. The van der Waals surface area contributed by atoms with E-state index in [2.05, 4.69) is 42.6 Å². The Balaban J connectivity index is 1.95. The zero-order chi connectivity index (χ0) is 13.8. The molecule has 3 atom stereocenters. The molecule has 1 N–H and O–H groups in total. The van der Waals surface area contributed by atoms with Gasteiger partial charge in [0.25, 0.3) is 0 Å². The molecule has 1 saturated carbocycles. The van der Waals surface area contributed by atoms with Crippen LogP contribution in [0, 0.1) is 17.8 Å². The Morgan fingerprint density at radius 3 is 2.79 bits per heavy atom. The first-order valence-corrected chi connectivity index (χ1v) is 7.79. The Labute approximate surface area is 117 Å². The number of rotatable bonds is 5. The van der Waals surface area contributed by atoms with Gasteiger partial charge in [0.1, 0.15) is 0 Å². The van der Waals surface area contributed by atoms with Crippen LogP contribution in [0.25, 0.3) is 0 Å². The molecule has 0 bridgehead atoms. The van der Waals surface area contributed by atoms with Gasteiger partial charge in [0, 0.05) is 18.8 Å². The summed E-state index contributed by atoms with van der Waals surface area (Å²) in [6.07, 6.45) is 8.01. The van der Waals surface area contributed by atoms with Gasteiger partial charge in [-0.3, -0.25) is 0 Å². The maximum Gasteiger partial charge on any atom is 0.0951 e. The van der Waals surface area contributed by atoms with E-state index >= 15 is 0 Å².